The molecule has 8 heteroatoms. The lowest BCUT2D eigenvalue weighted by atomic mass is 10.0. The van der Waals surface area contributed by atoms with Crippen LogP contribution < -0.4 is 0 Å². The second kappa shape index (κ2) is 9.65. The van der Waals surface area contributed by atoms with Crippen molar-refractivity contribution in [3.63, 3.8) is 0 Å². The van der Waals surface area contributed by atoms with Crippen molar-refractivity contribution in [2.45, 2.75) is 6.42 Å². The first-order valence-corrected chi connectivity index (χ1v) is 11.8. The Kier molecular flexibility index (Phi) is 6.25. The summed E-state index contributed by atoms with van der Waals surface area (Å²) in [5.74, 6) is -1.34. The third kappa shape index (κ3) is 4.33. The molecule has 2 aliphatic heterocycles. The van der Waals surface area contributed by atoms with Crippen LogP contribution in [0.3, 0.4) is 0 Å². The number of fused-ring (bicyclic) bond motifs is 1. The predicted octanol–water partition coefficient (Wildman–Crippen LogP) is 2.83. The van der Waals surface area contributed by atoms with Crippen LogP contribution in [0.15, 0.2) is 72.8 Å². The molecule has 0 radical (unpaired) electrons. The highest BCUT2D eigenvalue weighted by Gasteiger charge is 2.36. The van der Waals surface area contributed by atoms with E-state index in [0.717, 1.165) is 5.56 Å². The van der Waals surface area contributed by atoms with Crippen LogP contribution in [0.4, 0.5) is 0 Å². The number of carbonyl (C=O) groups excluding carboxylic acids is 4. The van der Waals surface area contributed by atoms with Crippen LogP contribution in [-0.4, -0.2) is 76.2 Å². The highest BCUT2D eigenvalue weighted by Crippen LogP contribution is 2.25. The molecule has 0 aliphatic carbocycles. The normalized spacial score (nSPS) is 15.3. The van der Waals surface area contributed by atoms with Gasteiger partial charge in [0.2, 0.25) is 0 Å². The van der Waals surface area contributed by atoms with Crippen molar-refractivity contribution in [1.82, 2.24) is 14.7 Å². The van der Waals surface area contributed by atoms with Crippen molar-refractivity contribution in [2.24, 2.45) is 0 Å². The molecule has 0 spiro atoms. The number of piperazine rings is 1. The molecular formula is C28H25N3O5. The SMILES string of the molecule is O=C(c1ccc2c(c1)C(=O)N(CCc1ccccc1)C2=O)N1CCN(C(=O)c2ccccc2O)CC1. The van der Waals surface area contributed by atoms with E-state index in [1.54, 1.807) is 40.1 Å². The lowest BCUT2D eigenvalue weighted by molar-refractivity contribution is 0.0533. The molecule has 2 heterocycles. The Labute approximate surface area is 208 Å². The van der Waals surface area contributed by atoms with Crippen molar-refractivity contribution in [3.8, 4) is 5.75 Å². The zero-order valence-electron chi connectivity index (χ0n) is 19.6. The van der Waals surface area contributed by atoms with Crippen molar-refractivity contribution in [2.75, 3.05) is 32.7 Å². The molecule has 8 nitrogen and oxygen atoms in total. The van der Waals surface area contributed by atoms with Crippen molar-refractivity contribution < 1.29 is 24.3 Å². The van der Waals surface area contributed by atoms with E-state index in [1.165, 1.54) is 17.0 Å². The maximum absolute atomic E-state index is 13.2. The molecule has 182 valence electrons. The number of benzene rings is 3. The summed E-state index contributed by atoms with van der Waals surface area (Å²) in [5, 5.41) is 9.96. The number of amides is 4. The number of hydrogen-bond donors (Lipinski definition) is 1. The third-order valence-electron chi connectivity index (χ3n) is 6.67. The first-order valence-electron chi connectivity index (χ1n) is 11.8. The summed E-state index contributed by atoms with van der Waals surface area (Å²) in [6.07, 6.45) is 0.557. The van der Waals surface area contributed by atoms with E-state index in [4.69, 9.17) is 0 Å². The van der Waals surface area contributed by atoms with Crippen LogP contribution in [0.1, 0.15) is 47.0 Å². The number of para-hydroxylation sites is 1. The first kappa shape index (κ1) is 23.3. The largest absolute Gasteiger partial charge is 0.507 e. The fourth-order valence-electron chi connectivity index (χ4n) is 4.63. The number of phenols is 1. The molecule has 5 rings (SSSR count). The van der Waals surface area contributed by atoms with E-state index >= 15 is 0 Å². The summed E-state index contributed by atoms with van der Waals surface area (Å²) in [5.41, 5.74) is 2.15. The zero-order chi connectivity index (χ0) is 25.2. The Hall–Kier alpha value is -4.46. The number of imide groups is 1. The number of nitrogens with zero attached hydrogens (tertiary/aromatic N) is 3. The topological polar surface area (TPSA) is 98.2 Å². The van der Waals surface area contributed by atoms with Crippen molar-refractivity contribution in [1.29, 1.82) is 0 Å². The molecule has 0 bridgehead atoms. The Morgan fingerprint density at radius 2 is 1.33 bits per heavy atom. The van der Waals surface area contributed by atoms with Gasteiger partial charge in [-0.2, -0.15) is 0 Å². The Balaban J connectivity index is 1.24. The van der Waals surface area contributed by atoms with E-state index in [0.29, 0.717) is 43.7 Å². The molecule has 1 N–H and O–H groups in total. The molecule has 0 saturated carbocycles. The smallest absolute Gasteiger partial charge is 0.261 e. The minimum absolute atomic E-state index is 0.0730. The zero-order valence-corrected chi connectivity index (χ0v) is 19.6. The predicted molar refractivity (Wildman–Crippen MR) is 132 cm³/mol. The second-order valence-corrected chi connectivity index (χ2v) is 8.86. The molecule has 0 atom stereocenters. The molecule has 4 amide bonds. The second-order valence-electron chi connectivity index (χ2n) is 8.86. The van der Waals surface area contributed by atoms with Gasteiger partial charge in [-0.15, -0.1) is 0 Å². The van der Waals surface area contributed by atoms with Crippen LogP contribution >= 0.6 is 0 Å². The molecule has 2 aliphatic rings. The van der Waals surface area contributed by atoms with Gasteiger partial charge in [-0.1, -0.05) is 42.5 Å². The number of carbonyl (C=O) groups is 4. The highest BCUT2D eigenvalue weighted by molar-refractivity contribution is 6.22. The first-order chi connectivity index (χ1) is 17.4. The van der Waals surface area contributed by atoms with Gasteiger partial charge >= 0.3 is 0 Å². The molecule has 0 unspecified atom stereocenters. The van der Waals surface area contributed by atoms with Gasteiger partial charge in [-0.3, -0.25) is 24.1 Å². The molecule has 1 fully saturated rings. The van der Waals surface area contributed by atoms with E-state index < -0.39 is 5.91 Å². The monoisotopic (exact) mass is 483 g/mol. The Morgan fingerprint density at radius 1 is 0.722 bits per heavy atom. The van der Waals surface area contributed by atoms with Crippen LogP contribution in [0.25, 0.3) is 0 Å². The molecule has 3 aromatic rings. The van der Waals surface area contributed by atoms with Crippen molar-refractivity contribution in [3.05, 3.63) is 101 Å². The standard InChI is InChI=1S/C28H25N3O5/c32-24-9-5-4-8-22(24)26(34)30-16-14-29(15-17-30)25(33)20-10-11-21-23(18-20)28(36)31(27(21)35)13-12-19-6-2-1-3-7-19/h1-11,18,32H,12-17H2. The average Bonchev–Trinajstić information content (AvgIpc) is 3.16. The van der Waals surface area contributed by atoms with E-state index in [2.05, 4.69) is 0 Å². The van der Waals surface area contributed by atoms with Crippen LogP contribution in [-0.2, 0) is 6.42 Å². The average molecular weight is 484 g/mol. The van der Waals surface area contributed by atoms with Gasteiger partial charge in [-0.05, 0) is 42.3 Å². The fraction of sp³-hybridized carbons (Fsp3) is 0.214. The van der Waals surface area contributed by atoms with Gasteiger partial charge in [-0.25, -0.2) is 0 Å². The quantitative estimate of drug-likeness (QED) is 0.563. The number of rotatable bonds is 5. The van der Waals surface area contributed by atoms with Crippen LogP contribution in [0, 0.1) is 0 Å². The fourth-order valence-corrected chi connectivity index (χ4v) is 4.63. The maximum atomic E-state index is 13.2. The number of phenolic OH excluding ortho intramolecular Hbond substituents is 1. The lowest BCUT2D eigenvalue weighted by Crippen LogP contribution is -2.50. The summed E-state index contributed by atoms with van der Waals surface area (Å²) in [6.45, 7) is 1.58. The lowest BCUT2D eigenvalue weighted by Gasteiger charge is -2.35. The van der Waals surface area contributed by atoms with E-state index in [9.17, 15) is 24.3 Å². The Morgan fingerprint density at radius 3 is 2.03 bits per heavy atom. The van der Waals surface area contributed by atoms with Gasteiger partial charge in [0.1, 0.15) is 5.75 Å². The van der Waals surface area contributed by atoms with Crippen LogP contribution in [0.2, 0.25) is 0 Å². The van der Waals surface area contributed by atoms with Gasteiger partial charge in [0, 0.05) is 38.3 Å². The van der Waals surface area contributed by atoms with E-state index in [1.807, 2.05) is 30.3 Å². The highest BCUT2D eigenvalue weighted by atomic mass is 16.3. The molecule has 1 saturated heterocycles. The van der Waals surface area contributed by atoms with Gasteiger partial charge in [0.15, 0.2) is 0 Å². The summed E-state index contributed by atoms with van der Waals surface area (Å²) < 4.78 is 0. The van der Waals surface area contributed by atoms with Gasteiger partial charge < -0.3 is 14.9 Å². The van der Waals surface area contributed by atoms with Gasteiger partial charge in [0.25, 0.3) is 23.6 Å². The van der Waals surface area contributed by atoms with Crippen molar-refractivity contribution >= 4 is 23.6 Å². The minimum atomic E-state index is -0.390. The number of hydrogen-bond acceptors (Lipinski definition) is 5. The molecular weight excluding hydrogens is 458 g/mol. The molecule has 36 heavy (non-hydrogen) atoms. The third-order valence-corrected chi connectivity index (χ3v) is 6.67. The maximum Gasteiger partial charge on any atom is 0.261 e. The Bertz CT molecular complexity index is 1350. The molecule has 0 aromatic heterocycles. The van der Waals surface area contributed by atoms with Gasteiger partial charge in [0.05, 0.1) is 16.7 Å². The van der Waals surface area contributed by atoms with Crippen LogP contribution in [0.5, 0.6) is 5.75 Å². The molecule has 3 aromatic carbocycles. The minimum Gasteiger partial charge on any atom is -0.507 e. The van der Waals surface area contributed by atoms with E-state index in [-0.39, 0.29) is 41.1 Å². The summed E-state index contributed by atoms with van der Waals surface area (Å²) in [7, 11) is 0. The summed E-state index contributed by atoms with van der Waals surface area (Å²) in [4.78, 5) is 56.1. The summed E-state index contributed by atoms with van der Waals surface area (Å²) in [6, 6.07) is 20.6. The number of aromatic hydroxyl groups is 1. The summed E-state index contributed by atoms with van der Waals surface area (Å²) >= 11 is 0.